The van der Waals surface area contributed by atoms with E-state index in [2.05, 4.69) is 15.0 Å². The molecule has 3 N–H and O–H groups in total. The number of H-pyrrole nitrogens is 1. The number of amides is 1. The van der Waals surface area contributed by atoms with Crippen LogP contribution in [-0.2, 0) is 15.2 Å². The number of imidazole rings is 1. The van der Waals surface area contributed by atoms with Crippen LogP contribution in [0.15, 0.2) is 41.1 Å². The lowest BCUT2D eigenvalue weighted by Gasteiger charge is -2.30. The summed E-state index contributed by atoms with van der Waals surface area (Å²) in [5.74, 6) is -1.02. The Bertz CT molecular complexity index is 734. The molecule has 2 heterocycles. The number of para-hydroxylation sites is 2. The molecule has 1 aromatic carbocycles. The smallest absolute Gasteiger partial charge is 0.255 e. The highest BCUT2D eigenvalue weighted by molar-refractivity contribution is 5.88. The minimum atomic E-state index is -2.35. The lowest BCUT2D eigenvalue weighted by Crippen LogP contribution is -2.47. The van der Waals surface area contributed by atoms with E-state index in [-0.39, 0.29) is 11.6 Å². The third-order valence-corrected chi connectivity index (χ3v) is 3.42. The molecule has 0 aliphatic carbocycles. The van der Waals surface area contributed by atoms with Crippen molar-refractivity contribution in [2.75, 3.05) is 7.11 Å². The number of ether oxygens (including phenoxy) is 1. The first kappa shape index (κ1) is 13.3. The van der Waals surface area contributed by atoms with Gasteiger partial charge < -0.3 is 15.5 Å². The van der Waals surface area contributed by atoms with E-state index in [1.807, 2.05) is 0 Å². The fraction of sp³-hybridized carbons (Fsp3) is 0.214. The molecule has 1 amide bonds. The van der Waals surface area contributed by atoms with Gasteiger partial charge in [-0.15, -0.1) is 0 Å². The molecule has 2 aromatic rings. The number of hydrogen-bond donors (Lipinski definition) is 2. The van der Waals surface area contributed by atoms with Gasteiger partial charge in [-0.2, -0.15) is 0 Å². The number of nitrogens with zero attached hydrogens (tertiary/aromatic N) is 2. The molecule has 0 fully saturated rings. The molecule has 0 spiro atoms. The van der Waals surface area contributed by atoms with Gasteiger partial charge in [0.05, 0.1) is 18.1 Å². The van der Waals surface area contributed by atoms with Gasteiger partial charge >= 0.3 is 0 Å². The van der Waals surface area contributed by atoms with Crippen molar-refractivity contribution in [2.45, 2.75) is 11.7 Å². The SMILES string of the molecule is COC1=CC=NC(C(N)=O)C1(F)c1nc2ccccc2[nH]1. The van der Waals surface area contributed by atoms with E-state index < -0.39 is 17.6 Å². The second-order valence-electron chi connectivity index (χ2n) is 4.65. The predicted molar refractivity (Wildman–Crippen MR) is 75.4 cm³/mol. The lowest BCUT2D eigenvalue weighted by atomic mass is 9.90. The summed E-state index contributed by atoms with van der Waals surface area (Å²) >= 11 is 0. The number of hydrogen-bond acceptors (Lipinski definition) is 4. The molecular formula is C14H13FN4O2. The lowest BCUT2D eigenvalue weighted by molar-refractivity contribution is -0.123. The van der Waals surface area contributed by atoms with Crippen LogP contribution in [0.1, 0.15) is 5.82 Å². The van der Waals surface area contributed by atoms with Crippen molar-refractivity contribution in [3.63, 3.8) is 0 Å². The molecule has 0 radical (unpaired) electrons. The van der Waals surface area contributed by atoms with Gasteiger partial charge in [0.15, 0.2) is 11.9 Å². The molecule has 1 aromatic heterocycles. The first-order chi connectivity index (χ1) is 10.1. The number of primary amides is 1. The van der Waals surface area contributed by atoms with Crippen LogP contribution in [-0.4, -0.2) is 35.2 Å². The third-order valence-electron chi connectivity index (χ3n) is 3.42. The molecule has 2 atom stereocenters. The number of nitrogens with one attached hydrogen (secondary N) is 1. The Morgan fingerprint density at radius 1 is 1.48 bits per heavy atom. The number of nitrogens with two attached hydrogens (primary N) is 1. The molecular weight excluding hydrogens is 275 g/mol. The standard InChI is InChI=1S/C14H13FN4O2/c1-21-10-6-7-17-11(12(16)20)14(10,15)13-18-8-4-2-3-5-9(8)19-13/h2-7,11H,1H3,(H2,16,20)(H,18,19). The van der Waals surface area contributed by atoms with E-state index in [9.17, 15) is 4.79 Å². The average molecular weight is 288 g/mol. The minimum absolute atomic E-state index is 0.0579. The van der Waals surface area contributed by atoms with Crippen molar-refractivity contribution in [2.24, 2.45) is 10.7 Å². The van der Waals surface area contributed by atoms with E-state index in [0.29, 0.717) is 11.0 Å². The molecule has 0 bridgehead atoms. The minimum Gasteiger partial charge on any atom is -0.497 e. The van der Waals surface area contributed by atoms with Crippen LogP contribution < -0.4 is 5.73 Å². The summed E-state index contributed by atoms with van der Waals surface area (Å²) in [6.45, 7) is 0. The van der Waals surface area contributed by atoms with Crippen molar-refractivity contribution in [3.8, 4) is 0 Å². The average Bonchev–Trinajstić information content (AvgIpc) is 2.91. The maximum Gasteiger partial charge on any atom is 0.255 e. The van der Waals surface area contributed by atoms with Crippen LogP contribution >= 0.6 is 0 Å². The molecule has 2 unspecified atom stereocenters. The number of methoxy groups -OCH3 is 1. The summed E-state index contributed by atoms with van der Waals surface area (Å²) in [5.41, 5.74) is 4.15. The van der Waals surface area contributed by atoms with Gasteiger partial charge in [-0.1, -0.05) is 12.1 Å². The van der Waals surface area contributed by atoms with Crippen molar-refractivity contribution in [1.29, 1.82) is 0 Å². The fourth-order valence-electron chi connectivity index (χ4n) is 2.41. The second-order valence-corrected chi connectivity index (χ2v) is 4.65. The van der Waals surface area contributed by atoms with Crippen LogP contribution in [0.5, 0.6) is 0 Å². The first-order valence-electron chi connectivity index (χ1n) is 6.28. The Morgan fingerprint density at radius 3 is 2.90 bits per heavy atom. The Kier molecular flexibility index (Phi) is 2.97. The monoisotopic (exact) mass is 288 g/mol. The number of allylic oxidation sites excluding steroid dienone is 1. The molecule has 7 heteroatoms. The van der Waals surface area contributed by atoms with Crippen LogP contribution in [0, 0.1) is 0 Å². The highest BCUT2D eigenvalue weighted by atomic mass is 19.1. The summed E-state index contributed by atoms with van der Waals surface area (Å²) in [7, 11) is 1.32. The van der Waals surface area contributed by atoms with E-state index in [0.717, 1.165) is 0 Å². The van der Waals surface area contributed by atoms with E-state index in [4.69, 9.17) is 10.5 Å². The zero-order valence-corrected chi connectivity index (χ0v) is 11.2. The Labute approximate surface area is 119 Å². The van der Waals surface area contributed by atoms with E-state index in [1.54, 1.807) is 24.3 Å². The molecule has 0 saturated heterocycles. The normalized spacial score (nSPS) is 24.9. The number of benzene rings is 1. The van der Waals surface area contributed by atoms with Crippen LogP contribution in [0.4, 0.5) is 4.39 Å². The molecule has 0 saturated carbocycles. The summed E-state index contributed by atoms with van der Waals surface area (Å²) < 4.78 is 20.7. The third kappa shape index (κ3) is 1.89. The van der Waals surface area contributed by atoms with Crippen molar-refractivity contribution in [3.05, 3.63) is 41.9 Å². The Hall–Kier alpha value is -2.70. The van der Waals surface area contributed by atoms with Gasteiger partial charge in [-0.25, -0.2) is 9.37 Å². The number of fused-ring (bicyclic) bond motifs is 1. The number of carbonyl (C=O) groups excluding carboxylic acids is 1. The number of rotatable bonds is 3. The molecule has 1 aliphatic heterocycles. The molecule has 21 heavy (non-hydrogen) atoms. The van der Waals surface area contributed by atoms with E-state index in [1.165, 1.54) is 19.4 Å². The highest BCUT2D eigenvalue weighted by Gasteiger charge is 2.52. The van der Waals surface area contributed by atoms with E-state index >= 15 is 4.39 Å². The Balaban J connectivity index is 2.20. The molecule has 6 nitrogen and oxygen atoms in total. The zero-order chi connectivity index (χ0) is 15.0. The number of dihydropyridines is 1. The number of alkyl halides is 1. The maximum atomic E-state index is 15.6. The zero-order valence-electron chi connectivity index (χ0n) is 11.2. The van der Waals surface area contributed by atoms with Gasteiger partial charge in [0.2, 0.25) is 5.91 Å². The van der Waals surface area contributed by atoms with Crippen LogP contribution in [0.3, 0.4) is 0 Å². The first-order valence-corrected chi connectivity index (χ1v) is 6.28. The number of halogens is 1. The molecule has 1 aliphatic rings. The number of aliphatic imine (C=N–C) groups is 1. The van der Waals surface area contributed by atoms with Gasteiger partial charge in [0, 0.05) is 6.21 Å². The van der Waals surface area contributed by atoms with Crippen molar-refractivity contribution < 1.29 is 13.9 Å². The van der Waals surface area contributed by atoms with Crippen molar-refractivity contribution >= 4 is 23.2 Å². The fourth-order valence-corrected chi connectivity index (χ4v) is 2.41. The molecule has 108 valence electrons. The van der Waals surface area contributed by atoms with Gasteiger partial charge in [-0.3, -0.25) is 9.79 Å². The van der Waals surface area contributed by atoms with Gasteiger partial charge in [-0.05, 0) is 18.2 Å². The van der Waals surface area contributed by atoms with Gasteiger partial charge in [0.25, 0.3) is 5.67 Å². The largest absolute Gasteiger partial charge is 0.497 e. The highest BCUT2D eigenvalue weighted by Crippen LogP contribution is 2.40. The number of aromatic amines is 1. The van der Waals surface area contributed by atoms with Crippen LogP contribution in [0.25, 0.3) is 11.0 Å². The number of carbonyl (C=O) groups is 1. The Morgan fingerprint density at radius 2 is 2.24 bits per heavy atom. The van der Waals surface area contributed by atoms with Gasteiger partial charge in [0.1, 0.15) is 5.76 Å². The maximum absolute atomic E-state index is 15.6. The predicted octanol–water partition coefficient (Wildman–Crippen LogP) is 1.20. The summed E-state index contributed by atoms with van der Waals surface area (Å²) in [6, 6.07) is 5.65. The topological polar surface area (TPSA) is 93.4 Å². The van der Waals surface area contributed by atoms with Crippen molar-refractivity contribution in [1.82, 2.24) is 9.97 Å². The second kappa shape index (κ2) is 4.69. The quantitative estimate of drug-likeness (QED) is 0.888. The van der Waals surface area contributed by atoms with Crippen LogP contribution in [0.2, 0.25) is 0 Å². The summed E-state index contributed by atoms with van der Waals surface area (Å²) in [4.78, 5) is 22.5. The summed E-state index contributed by atoms with van der Waals surface area (Å²) in [5, 5.41) is 0. The molecule has 3 rings (SSSR count). The number of aromatic nitrogens is 2. The summed E-state index contributed by atoms with van der Waals surface area (Å²) in [6.07, 6.45) is 2.65.